The van der Waals surface area contributed by atoms with E-state index in [0.717, 1.165) is 28.5 Å². The van der Waals surface area contributed by atoms with Crippen LogP contribution in [0.3, 0.4) is 0 Å². The topological polar surface area (TPSA) is 74.0 Å². The smallest absolute Gasteiger partial charge is 0.191 e. The number of pyridine rings is 1. The number of nitrogens with zero attached hydrogens (tertiary/aromatic N) is 3. The second-order valence-electron chi connectivity index (χ2n) is 6.43. The van der Waals surface area contributed by atoms with Crippen molar-refractivity contribution < 1.29 is 5.11 Å². The maximum atomic E-state index is 10.7. The van der Waals surface area contributed by atoms with E-state index in [4.69, 9.17) is 0 Å². The van der Waals surface area contributed by atoms with E-state index >= 15 is 0 Å². The Morgan fingerprint density at radius 3 is 2.78 bits per heavy atom. The molecule has 0 bridgehead atoms. The summed E-state index contributed by atoms with van der Waals surface area (Å²) >= 11 is 1.55. The fourth-order valence-corrected chi connectivity index (χ4v) is 3.49. The van der Waals surface area contributed by atoms with E-state index in [-0.39, 0.29) is 24.0 Å². The van der Waals surface area contributed by atoms with Crippen LogP contribution in [0, 0.1) is 6.92 Å². The summed E-state index contributed by atoms with van der Waals surface area (Å²) in [5.41, 5.74) is 2.03. The van der Waals surface area contributed by atoms with Crippen molar-refractivity contribution >= 4 is 46.9 Å². The predicted octanol–water partition coefficient (Wildman–Crippen LogP) is 3.29. The number of thiophene rings is 1. The number of halogens is 1. The number of aliphatic imine (C=N–C) groups is 1. The van der Waals surface area contributed by atoms with Gasteiger partial charge in [0.1, 0.15) is 11.2 Å². The van der Waals surface area contributed by atoms with E-state index in [0.29, 0.717) is 19.0 Å². The molecule has 1 unspecified atom stereocenters. The lowest BCUT2D eigenvalue weighted by Crippen LogP contribution is -2.44. The zero-order chi connectivity index (χ0) is 18.6. The number of rotatable bonds is 6. The Labute approximate surface area is 180 Å². The van der Waals surface area contributed by atoms with Crippen molar-refractivity contribution in [2.45, 2.75) is 32.9 Å². The molecule has 146 valence electrons. The third kappa shape index (κ3) is 5.43. The molecule has 27 heavy (non-hydrogen) atoms. The Morgan fingerprint density at radius 2 is 2.11 bits per heavy atom. The molecule has 6 nitrogen and oxygen atoms in total. The summed E-state index contributed by atoms with van der Waals surface area (Å²) < 4.78 is 2.06. The maximum Gasteiger partial charge on any atom is 0.191 e. The SMILES string of the molecule is CCNC(=NCc1cn2c(C)cccc2n1)NCC(C)(O)c1cccs1.I. The first kappa shape index (κ1) is 21.6. The van der Waals surface area contributed by atoms with Crippen LogP contribution in [0.1, 0.15) is 30.1 Å². The van der Waals surface area contributed by atoms with E-state index in [1.165, 1.54) is 0 Å². The van der Waals surface area contributed by atoms with E-state index in [1.54, 1.807) is 18.3 Å². The van der Waals surface area contributed by atoms with Crippen LogP contribution >= 0.6 is 35.3 Å². The molecule has 0 aliphatic heterocycles. The molecule has 0 saturated carbocycles. The molecular formula is C19H26IN5OS. The second kappa shape index (κ2) is 9.52. The molecule has 0 aromatic carbocycles. The summed E-state index contributed by atoms with van der Waals surface area (Å²) in [7, 11) is 0. The Bertz CT molecular complexity index is 889. The van der Waals surface area contributed by atoms with Crippen molar-refractivity contribution in [1.29, 1.82) is 0 Å². The Balaban J connectivity index is 0.00000261. The minimum atomic E-state index is -0.940. The summed E-state index contributed by atoms with van der Waals surface area (Å²) in [6.45, 7) is 7.47. The average Bonchev–Trinajstić information content (AvgIpc) is 3.28. The molecule has 0 saturated heterocycles. The van der Waals surface area contributed by atoms with Gasteiger partial charge < -0.3 is 20.1 Å². The molecular weight excluding hydrogens is 473 g/mol. The third-order valence-electron chi connectivity index (χ3n) is 4.14. The van der Waals surface area contributed by atoms with Crippen molar-refractivity contribution in [2.75, 3.05) is 13.1 Å². The lowest BCUT2D eigenvalue weighted by molar-refractivity contribution is 0.0655. The summed E-state index contributed by atoms with van der Waals surface area (Å²) in [6, 6.07) is 9.93. The molecule has 0 radical (unpaired) electrons. The van der Waals surface area contributed by atoms with Crippen LogP contribution in [-0.2, 0) is 12.1 Å². The number of aryl methyl sites for hydroxylation is 1. The maximum absolute atomic E-state index is 10.7. The molecule has 3 heterocycles. The van der Waals surface area contributed by atoms with Crippen LogP contribution in [0.5, 0.6) is 0 Å². The third-order valence-corrected chi connectivity index (χ3v) is 5.26. The van der Waals surface area contributed by atoms with Crippen molar-refractivity contribution in [3.8, 4) is 0 Å². The lowest BCUT2D eigenvalue weighted by Gasteiger charge is -2.23. The second-order valence-corrected chi connectivity index (χ2v) is 7.38. The van der Waals surface area contributed by atoms with Crippen molar-refractivity contribution in [2.24, 2.45) is 4.99 Å². The molecule has 0 spiro atoms. The van der Waals surface area contributed by atoms with E-state index in [1.807, 2.05) is 42.8 Å². The first-order chi connectivity index (χ1) is 12.5. The van der Waals surface area contributed by atoms with E-state index in [9.17, 15) is 5.11 Å². The van der Waals surface area contributed by atoms with Crippen LogP contribution in [0.25, 0.3) is 5.65 Å². The van der Waals surface area contributed by atoms with Crippen molar-refractivity contribution in [1.82, 2.24) is 20.0 Å². The highest BCUT2D eigenvalue weighted by Crippen LogP contribution is 2.24. The van der Waals surface area contributed by atoms with Gasteiger partial charge in [-0.15, -0.1) is 35.3 Å². The van der Waals surface area contributed by atoms with Gasteiger partial charge in [0.25, 0.3) is 0 Å². The number of nitrogens with one attached hydrogen (secondary N) is 2. The number of fused-ring (bicyclic) bond motifs is 1. The summed E-state index contributed by atoms with van der Waals surface area (Å²) in [5, 5.41) is 19.1. The fraction of sp³-hybridized carbons (Fsp3) is 0.368. The predicted molar refractivity (Wildman–Crippen MR) is 122 cm³/mol. The van der Waals surface area contributed by atoms with Gasteiger partial charge in [0.2, 0.25) is 0 Å². The fourth-order valence-electron chi connectivity index (χ4n) is 2.70. The molecule has 0 fully saturated rings. The number of aromatic nitrogens is 2. The lowest BCUT2D eigenvalue weighted by atomic mass is 10.1. The van der Waals surface area contributed by atoms with Crippen LogP contribution in [0.15, 0.2) is 46.9 Å². The molecule has 1 atom stereocenters. The van der Waals surface area contributed by atoms with Crippen LogP contribution in [0.4, 0.5) is 0 Å². The van der Waals surface area contributed by atoms with Gasteiger partial charge in [0, 0.05) is 23.3 Å². The molecule has 3 aromatic heterocycles. The Kier molecular flexibility index (Phi) is 7.63. The van der Waals surface area contributed by atoms with Gasteiger partial charge in [-0.05, 0) is 44.4 Å². The van der Waals surface area contributed by atoms with E-state index < -0.39 is 5.60 Å². The first-order valence-corrected chi connectivity index (χ1v) is 9.59. The molecule has 0 aliphatic rings. The van der Waals surface area contributed by atoms with Gasteiger partial charge in [0.05, 0.1) is 18.8 Å². The van der Waals surface area contributed by atoms with Crippen molar-refractivity contribution in [3.63, 3.8) is 0 Å². The summed E-state index contributed by atoms with van der Waals surface area (Å²) in [4.78, 5) is 10.1. The number of aliphatic hydroxyl groups is 1. The highest BCUT2D eigenvalue weighted by Gasteiger charge is 2.24. The van der Waals surface area contributed by atoms with Gasteiger partial charge in [-0.2, -0.15) is 0 Å². The van der Waals surface area contributed by atoms with Gasteiger partial charge in [-0.25, -0.2) is 9.98 Å². The van der Waals surface area contributed by atoms with Gasteiger partial charge in [-0.3, -0.25) is 0 Å². The highest BCUT2D eigenvalue weighted by molar-refractivity contribution is 14.0. The van der Waals surface area contributed by atoms with Gasteiger partial charge in [-0.1, -0.05) is 12.1 Å². The largest absolute Gasteiger partial charge is 0.383 e. The van der Waals surface area contributed by atoms with E-state index in [2.05, 4.69) is 38.0 Å². The summed E-state index contributed by atoms with van der Waals surface area (Å²) in [5.74, 6) is 0.665. The van der Waals surface area contributed by atoms with Gasteiger partial charge in [0.15, 0.2) is 5.96 Å². The van der Waals surface area contributed by atoms with Crippen LogP contribution < -0.4 is 10.6 Å². The number of hydrogen-bond acceptors (Lipinski definition) is 4. The Morgan fingerprint density at radius 1 is 1.30 bits per heavy atom. The molecule has 3 aromatic rings. The zero-order valence-electron chi connectivity index (χ0n) is 15.8. The minimum Gasteiger partial charge on any atom is -0.383 e. The molecule has 3 N–H and O–H groups in total. The van der Waals surface area contributed by atoms with Gasteiger partial charge >= 0.3 is 0 Å². The average molecular weight is 499 g/mol. The first-order valence-electron chi connectivity index (χ1n) is 8.72. The molecule has 8 heteroatoms. The standard InChI is InChI=1S/C19H25N5OS.HI/c1-4-20-18(22-13-19(3,25)16-8-6-10-26-16)21-11-15-12-24-14(2)7-5-9-17(24)23-15;/h5-10,12,25H,4,11,13H2,1-3H3,(H2,20,21,22);1H. The monoisotopic (exact) mass is 499 g/mol. The highest BCUT2D eigenvalue weighted by atomic mass is 127. The molecule has 0 aliphatic carbocycles. The number of guanidine groups is 1. The summed E-state index contributed by atoms with van der Waals surface area (Å²) in [6.07, 6.45) is 2.01. The number of imidazole rings is 1. The van der Waals surface area contributed by atoms with Crippen molar-refractivity contribution in [3.05, 3.63) is 58.2 Å². The normalized spacial score (nSPS) is 13.9. The quantitative estimate of drug-likeness (QED) is 0.277. The zero-order valence-corrected chi connectivity index (χ0v) is 18.9. The Hall–Kier alpha value is -1.65. The minimum absolute atomic E-state index is 0. The van der Waals surface area contributed by atoms with Crippen LogP contribution in [-0.4, -0.2) is 33.5 Å². The van der Waals surface area contributed by atoms with Crippen LogP contribution in [0.2, 0.25) is 0 Å². The number of hydrogen-bond donors (Lipinski definition) is 3. The molecule has 0 amide bonds. The molecule has 3 rings (SSSR count).